The summed E-state index contributed by atoms with van der Waals surface area (Å²) in [5.74, 6) is 0.403. The summed E-state index contributed by atoms with van der Waals surface area (Å²) in [5.41, 5.74) is 2.04. The average molecular weight is 292 g/mol. The highest BCUT2D eigenvalue weighted by Crippen LogP contribution is 2.27. The van der Waals surface area contributed by atoms with Gasteiger partial charge in [-0.05, 0) is 12.8 Å². The Bertz CT molecular complexity index is 650. The van der Waals surface area contributed by atoms with E-state index in [2.05, 4.69) is 0 Å². The number of rotatable bonds is 4. The minimum Gasteiger partial charge on any atom is -0.294 e. The Morgan fingerprint density at radius 1 is 0.682 bits per heavy atom. The van der Waals surface area contributed by atoms with Crippen LogP contribution in [0.4, 0.5) is 0 Å². The number of carbonyl (C=O) groups is 2. The van der Waals surface area contributed by atoms with Crippen molar-refractivity contribution < 1.29 is 9.59 Å². The van der Waals surface area contributed by atoms with Crippen LogP contribution in [0.5, 0.6) is 0 Å². The van der Waals surface area contributed by atoms with Crippen molar-refractivity contribution in [3.63, 3.8) is 0 Å². The number of hydrogen-bond donors (Lipinski definition) is 0. The molecule has 0 radical (unpaired) electrons. The maximum absolute atomic E-state index is 12.5. The number of carbonyl (C=O) groups excluding carboxylic acids is 2. The highest BCUT2D eigenvalue weighted by atomic mass is 16.1. The molecule has 2 nitrogen and oxygen atoms in total. The summed E-state index contributed by atoms with van der Waals surface area (Å²) in [6, 6.07) is 16.4. The molecule has 0 heterocycles. The van der Waals surface area contributed by atoms with Crippen molar-refractivity contribution in [3.8, 4) is 0 Å². The largest absolute Gasteiger partial charge is 0.294 e. The molecular weight excluding hydrogens is 272 g/mol. The fourth-order valence-electron chi connectivity index (χ4n) is 3.14. The Kier molecular flexibility index (Phi) is 4.47. The molecule has 0 bridgehead atoms. The van der Waals surface area contributed by atoms with Gasteiger partial charge in [0.15, 0.2) is 11.6 Å². The molecule has 1 aliphatic carbocycles. The van der Waals surface area contributed by atoms with Crippen LogP contribution in [0.1, 0.15) is 58.4 Å². The van der Waals surface area contributed by atoms with Crippen LogP contribution in [0.25, 0.3) is 0 Å². The first-order valence-electron chi connectivity index (χ1n) is 8.00. The standard InChI is InChI=1S/C20H20O2/c21-19(15-7-3-1-4-8-15)17-11-13-18(14-12-17)20(22)16-9-5-2-6-10-16/h1,3-4,7-8,11-14,16H,2,5-6,9-10H2. The van der Waals surface area contributed by atoms with Crippen molar-refractivity contribution in [1.29, 1.82) is 0 Å². The van der Waals surface area contributed by atoms with Crippen molar-refractivity contribution in [1.82, 2.24) is 0 Å². The Labute approximate surface area is 131 Å². The van der Waals surface area contributed by atoms with Crippen molar-refractivity contribution in [2.45, 2.75) is 32.1 Å². The van der Waals surface area contributed by atoms with Gasteiger partial charge in [0, 0.05) is 22.6 Å². The lowest BCUT2D eigenvalue weighted by Gasteiger charge is -2.20. The van der Waals surface area contributed by atoms with Crippen LogP contribution in [0.2, 0.25) is 0 Å². The number of ketones is 2. The molecule has 0 saturated heterocycles. The van der Waals surface area contributed by atoms with E-state index in [9.17, 15) is 9.59 Å². The Morgan fingerprint density at radius 2 is 1.23 bits per heavy atom. The van der Waals surface area contributed by atoms with Crippen LogP contribution >= 0.6 is 0 Å². The molecule has 0 amide bonds. The zero-order valence-corrected chi connectivity index (χ0v) is 12.6. The number of hydrogen-bond acceptors (Lipinski definition) is 2. The first kappa shape index (κ1) is 14.7. The fraction of sp³-hybridized carbons (Fsp3) is 0.300. The van der Waals surface area contributed by atoms with Gasteiger partial charge >= 0.3 is 0 Å². The molecular formula is C20H20O2. The normalized spacial score (nSPS) is 15.5. The molecule has 3 rings (SSSR count). The molecule has 2 heteroatoms. The molecule has 0 aliphatic heterocycles. The summed E-state index contributed by atoms with van der Waals surface area (Å²) < 4.78 is 0. The molecule has 0 N–H and O–H groups in total. The summed E-state index contributed by atoms with van der Waals surface area (Å²) in [7, 11) is 0. The van der Waals surface area contributed by atoms with Gasteiger partial charge in [-0.15, -0.1) is 0 Å². The van der Waals surface area contributed by atoms with Gasteiger partial charge in [0.05, 0.1) is 0 Å². The predicted octanol–water partition coefficient (Wildman–Crippen LogP) is 4.68. The van der Waals surface area contributed by atoms with Crippen molar-refractivity contribution in [2.75, 3.05) is 0 Å². The third-order valence-corrected chi connectivity index (χ3v) is 4.44. The molecule has 0 aromatic heterocycles. The first-order chi connectivity index (χ1) is 10.8. The summed E-state index contributed by atoms with van der Waals surface area (Å²) in [5, 5.41) is 0. The molecule has 1 fully saturated rings. The quantitative estimate of drug-likeness (QED) is 0.767. The summed E-state index contributed by atoms with van der Waals surface area (Å²) in [4.78, 5) is 24.8. The lowest BCUT2D eigenvalue weighted by Crippen LogP contribution is -2.17. The summed E-state index contributed by atoms with van der Waals surface area (Å²) in [6.45, 7) is 0. The third-order valence-electron chi connectivity index (χ3n) is 4.44. The molecule has 2 aromatic rings. The van der Waals surface area contributed by atoms with E-state index < -0.39 is 0 Å². The highest BCUT2D eigenvalue weighted by molar-refractivity contribution is 6.09. The van der Waals surface area contributed by atoms with Gasteiger partial charge in [-0.2, -0.15) is 0 Å². The monoisotopic (exact) mass is 292 g/mol. The van der Waals surface area contributed by atoms with Crippen LogP contribution in [0.15, 0.2) is 54.6 Å². The fourth-order valence-corrected chi connectivity index (χ4v) is 3.14. The lowest BCUT2D eigenvalue weighted by molar-refractivity contribution is 0.0888. The van der Waals surface area contributed by atoms with E-state index in [1.807, 2.05) is 30.3 Å². The maximum Gasteiger partial charge on any atom is 0.193 e. The maximum atomic E-state index is 12.5. The Balaban J connectivity index is 1.75. The smallest absolute Gasteiger partial charge is 0.193 e. The van der Waals surface area contributed by atoms with E-state index in [4.69, 9.17) is 0 Å². The Hall–Kier alpha value is -2.22. The van der Waals surface area contributed by atoms with E-state index in [1.165, 1.54) is 6.42 Å². The van der Waals surface area contributed by atoms with E-state index in [0.717, 1.165) is 31.2 Å². The minimum atomic E-state index is -0.00253. The second kappa shape index (κ2) is 6.69. The van der Waals surface area contributed by atoms with Crippen molar-refractivity contribution in [2.24, 2.45) is 5.92 Å². The van der Waals surface area contributed by atoms with Gasteiger partial charge in [0.1, 0.15) is 0 Å². The second-order valence-electron chi connectivity index (χ2n) is 5.97. The topological polar surface area (TPSA) is 34.1 Å². The van der Waals surface area contributed by atoms with Crippen LogP contribution in [-0.2, 0) is 0 Å². The second-order valence-corrected chi connectivity index (χ2v) is 5.97. The molecule has 0 unspecified atom stereocenters. The van der Waals surface area contributed by atoms with Crippen molar-refractivity contribution in [3.05, 3.63) is 71.3 Å². The third kappa shape index (κ3) is 3.16. The Morgan fingerprint density at radius 3 is 1.86 bits per heavy atom. The van der Waals surface area contributed by atoms with Crippen LogP contribution in [-0.4, -0.2) is 11.6 Å². The van der Waals surface area contributed by atoms with E-state index in [1.54, 1.807) is 24.3 Å². The van der Waals surface area contributed by atoms with Crippen LogP contribution in [0.3, 0.4) is 0 Å². The van der Waals surface area contributed by atoms with Gasteiger partial charge in [-0.1, -0.05) is 73.9 Å². The highest BCUT2D eigenvalue weighted by Gasteiger charge is 2.22. The van der Waals surface area contributed by atoms with E-state index >= 15 is 0 Å². The zero-order valence-electron chi connectivity index (χ0n) is 12.6. The van der Waals surface area contributed by atoms with Gasteiger partial charge in [-0.25, -0.2) is 0 Å². The van der Waals surface area contributed by atoms with Gasteiger partial charge in [-0.3, -0.25) is 9.59 Å². The van der Waals surface area contributed by atoms with Crippen LogP contribution in [0, 0.1) is 5.92 Å². The van der Waals surface area contributed by atoms with Gasteiger partial charge in [0.25, 0.3) is 0 Å². The SMILES string of the molecule is O=C(c1ccccc1)c1ccc(C(=O)C2CCCCC2)cc1. The predicted molar refractivity (Wildman–Crippen MR) is 87.2 cm³/mol. The molecule has 1 saturated carbocycles. The van der Waals surface area contributed by atoms with Crippen molar-refractivity contribution >= 4 is 11.6 Å². The lowest BCUT2D eigenvalue weighted by atomic mass is 9.83. The molecule has 2 aromatic carbocycles. The minimum absolute atomic E-state index is 0.00253. The molecule has 22 heavy (non-hydrogen) atoms. The van der Waals surface area contributed by atoms with Gasteiger partial charge in [0.2, 0.25) is 0 Å². The molecule has 1 aliphatic rings. The molecule has 0 spiro atoms. The number of benzene rings is 2. The first-order valence-corrected chi connectivity index (χ1v) is 8.00. The zero-order chi connectivity index (χ0) is 15.4. The summed E-state index contributed by atoms with van der Waals surface area (Å²) >= 11 is 0. The van der Waals surface area contributed by atoms with E-state index in [-0.39, 0.29) is 17.5 Å². The average Bonchev–Trinajstić information content (AvgIpc) is 2.62. The van der Waals surface area contributed by atoms with E-state index in [0.29, 0.717) is 11.1 Å². The van der Waals surface area contributed by atoms with Crippen LogP contribution < -0.4 is 0 Å². The summed E-state index contributed by atoms with van der Waals surface area (Å²) in [6.07, 6.45) is 5.56. The number of Topliss-reactive ketones (excluding diaryl/α,β-unsaturated/α-hetero) is 1. The molecule has 0 atom stereocenters. The van der Waals surface area contributed by atoms with Gasteiger partial charge < -0.3 is 0 Å². The molecule has 112 valence electrons.